The maximum Gasteiger partial charge on any atom is -0.0411 e. The first-order valence-corrected chi connectivity index (χ1v) is 12.3. The van der Waals surface area contributed by atoms with Gasteiger partial charge < -0.3 is 0 Å². The minimum Gasteiger partial charge on any atom is -0.0654 e. The fourth-order valence-electron chi connectivity index (χ4n) is 5.70. The summed E-state index contributed by atoms with van der Waals surface area (Å²) in [7, 11) is 0. The van der Waals surface area contributed by atoms with E-state index in [2.05, 4.69) is 13.8 Å². The molecule has 0 aromatic rings. The molecular weight excluding hydrogens is 300 g/mol. The van der Waals surface area contributed by atoms with E-state index in [1.807, 2.05) is 0 Å². The van der Waals surface area contributed by atoms with Crippen molar-refractivity contribution in [1.29, 1.82) is 0 Å². The Bertz CT molecular complexity index is 291. The molecule has 0 atom stereocenters. The topological polar surface area (TPSA) is 0 Å². The lowest BCUT2D eigenvalue weighted by Gasteiger charge is -2.34. The summed E-state index contributed by atoms with van der Waals surface area (Å²) >= 11 is 0. The van der Waals surface area contributed by atoms with E-state index in [1.54, 1.807) is 64.2 Å². The van der Waals surface area contributed by atoms with Gasteiger partial charge in [0.1, 0.15) is 0 Å². The van der Waals surface area contributed by atoms with Crippen LogP contribution in [0.2, 0.25) is 0 Å². The Morgan fingerprint density at radius 2 is 0.800 bits per heavy atom. The smallest absolute Gasteiger partial charge is 0.0411 e. The second-order valence-corrected chi connectivity index (χ2v) is 9.71. The van der Waals surface area contributed by atoms with Crippen molar-refractivity contribution < 1.29 is 0 Å². The molecule has 0 spiro atoms. The van der Waals surface area contributed by atoms with E-state index < -0.39 is 0 Å². The highest BCUT2D eigenvalue weighted by Crippen LogP contribution is 2.40. The van der Waals surface area contributed by atoms with Crippen LogP contribution in [0.15, 0.2) is 0 Å². The van der Waals surface area contributed by atoms with Crippen molar-refractivity contribution in [3.63, 3.8) is 0 Å². The van der Waals surface area contributed by atoms with E-state index in [1.165, 1.54) is 57.8 Å². The molecule has 2 aliphatic carbocycles. The molecule has 0 aromatic heterocycles. The highest BCUT2D eigenvalue weighted by atomic mass is 14.3. The summed E-state index contributed by atoms with van der Waals surface area (Å²) in [5, 5.41) is 0. The average molecular weight is 349 g/mol. The van der Waals surface area contributed by atoms with E-state index in [0.717, 1.165) is 23.7 Å². The standard InChI is InChI=1S/C25H48/c1-3-5-7-8-10-12-23-15-19-25(20-16-23)21-24-17-13-22(14-18-24)11-9-6-4-2/h22-25H,3-21H2,1-2H3. The molecule has 25 heavy (non-hydrogen) atoms. The molecule has 0 N–H and O–H groups in total. The van der Waals surface area contributed by atoms with Crippen LogP contribution in [-0.4, -0.2) is 0 Å². The van der Waals surface area contributed by atoms with Gasteiger partial charge >= 0.3 is 0 Å². The van der Waals surface area contributed by atoms with Gasteiger partial charge in [-0.15, -0.1) is 0 Å². The molecule has 0 aliphatic heterocycles. The molecule has 2 fully saturated rings. The lowest BCUT2D eigenvalue weighted by atomic mass is 9.72. The molecular formula is C25H48. The summed E-state index contributed by atoms with van der Waals surface area (Å²) in [6.07, 6.45) is 28.8. The van der Waals surface area contributed by atoms with E-state index in [-0.39, 0.29) is 0 Å². The summed E-state index contributed by atoms with van der Waals surface area (Å²) in [4.78, 5) is 0. The van der Waals surface area contributed by atoms with Gasteiger partial charge in [0.25, 0.3) is 0 Å². The Balaban J connectivity index is 1.49. The maximum absolute atomic E-state index is 2.33. The summed E-state index contributed by atoms with van der Waals surface area (Å²) in [6.45, 7) is 4.65. The second kappa shape index (κ2) is 13.2. The molecule has 0 unspecified atom stereocenters. The zero-order valence-corrected chi connectivity index (χ0v) is 17.7. The minimum atomic E-state index is 1.09. The van der Waals surface area contributed by atoms with Crippen LogP contribution in [0.1, 0.15) is 136 Å². The third-order valence-corrected chi connectivity index (χ3v) is 7.53. The van der Waals surface area contributed by atoms with Crippen molar-refractivity contribution in [2.75, 3.05) is 0 Å². The molecule has 2 aliphatic rings. The van der Waals surface area contributed by atoms with Crippen LogP contribution in [0.3, 0.4) is 0 Å². The van der Waals surface area contributed by atoms with Crippen LogP contribution in [0.5, 0.6) is 0 Å². The lowest BCUT2D eigenvalue weighted by Crippen LogP contribution is -2.21. The van der Waals surface area contributed by atoms with Crippen molar-refractivity contribution in [3.05, 3.63) is 0 Å². The van der Waals surface area contributed by atoms with Gasteiger partial charge in [-0.2, -0.15) is 0 Å². The molecule has 148 valence electrons. The fraction of sp³-hybridized carbons (Fsp3) is 1.00. The Morgan fingerprint density at radius 1 is 0.440 bits per heavy atom. The van der Waals surface area contributed by atoms with Crippen molar-refractivity contribution in [3.8, 4) is 0 Å². The van der Waals surface area contributed by atoms with Gasteiger partial charge in [-0.05, 0) is 30.1 Å². The van der Waals surface area contributed by atoms with Gasteiger partial charge in [0.05, 0.1) is 0 Å². The molecule has 2 saturated carbocycles. The summed E-state index contributed by atoms with van der Waals surface area (Å²) in [6, 6.07) is 0. The Kier molecular flexibility index (Phi) is 11.3. The van der Waals surface area contributed by atoms with Crippen LogP contribution in [0.25, 0.3) is 0 Å². The van der Waals surface area contributed by atoms with Crippen molar-refractivity contribution in [2.24, 2.45) is 23.7 Å². The fourth-order valence-corrected chi connectivity index (χ4v) is 5.70. The Morgan fingerprint density at radius 3 is 1.28 bits per heavy atom. The van der Waals surface area contributed by atoms with E-state index in [9.17, 15) is 0 Å². The third-order valence-electron chi connectivity index (χ3n) is 7.53. The minimum absolute atomic E-state index is 1.09. The molecule has 0 bridgehead atoms. The van der Waals surface area contributed by atoms with E-state index in [0.29, 0.717) is 0 Å². The molecule has 0 radical (unpaired) electrons. The molecule has 2 rings (SSSR count). The van der Waals surface area contributed by atoms with Crippen LogP contribution in [-0.2, 0) is 0 Å². The van der Waals surface area contributed by atoms with Crippen LogP contribution in [0, 0.1) is 23.7 Å². The number of hydrogen-bond donors (Lipinski definition) is 0. The number of unbranched alkanes of at least 4 members (excludes halogenated alkanes) is 6. The third kappa shape index (κ3) is 8.96. The van der Waals surface area contributed by atoms with Gasteiger partial charge in [0.2, 0.25) is 0 Å². The zero-order chi connectivity index (χ0) is 17.7. The van der Waals surface area contributed by atoms with Crippen LogP contribution < -0.4 is 0 Å². The lowest BCUT2D eigenvalue weighted by molar-refractivity contribution is 0.183. The summed E-state index contributed by atoms with van der Waals surface area (Å²) < 4.78 is 0. The van der Waals surface area contributed by atoms with Crippen LogP contribution in [0.4, 0.5) is 0 Å². The highest BCUT2D eigenvalue weighted by Gasteiger charge is 2.26. The van der Waals surface area contributed by atoms with Gasteiger partial charge in [0, 0.05) is 0 Å². The van der Waals surface area contributed by atoms with Gasteiger partial charge in [0.15, 0.2) is 0 Å². The van der Waals surface area contributed by atoms with Gasteiger partial charge in [-0.1, -0.05) is 129 Å². The summed E-state index contributed by atoms with van der Waals surface area (Å²) in [5.74, 6) is 4.37. The molecule has 0 nitrogen and oxygen atoms in total. The molecule has 0 aromatic carbocycles. The zero-order valence-electron chi connectivity index (χ0n) is 17.7. The van der Waals surface area contributed by atoms with Crippen molar-refractivity contribution in [2.45, 2.75) is 136 Å². The van der Waals surface area contributed by atoms with Crippen LogP contribution >= 0.6 is 0 Å². The quantitative estimate of drug-likeness (QED) is 0.309. The van der Waals surface area contributed by atoms with Crippen molar-refractivity contribution >= 4 is 0 Å². The summed E-state index contributed by atoms with van der Waals surface area (Å²) in [5.41, 5.74) is 0. The molecule has 0 amide bonds. The average Bonchev–Trinajstić information content (AvgIpc) is 2.64. The van der Waals surface area contributed by atoms with Crippen molar-refractivity contribution in [1.82, 2.24) is 0 Å². The number of rotatable bonds is 12. The molecule has 0 saturated heterocycles. The predicted octanol–water partition coefficient (Wildman–Crippen LogP) is 8.93. The second-order valence-electron chi connectivity index (χ2n) is 9.71. The first-order valence-electron chi connectivity index (χ1n) is 12.3. The normalized spacial score (nSPS) is 30.5. The van der Waals surface area contributed by atoms with E-state index >= 15 is 0 Å². The first-order chi connectivity index (χ1) is 12.3. The largest absolute Gasteiger partial charge is 0.0654 e. The Hall–Kier alpha value is 0. The number of hydrogen-bond acceptors (Lipinski definition) is 0. The Labute approximate surface area is 159 Å². The van der Waals surface area contributed by atoms with Gasteiger partial charge in [-0.25, -0.2) is 0 Å². The SMILES string of the molecule is CCCCCCCC1CCC(CC2CCC(CCCCC)CC2)CC1. The monoisotopic (exact) mass is 348 g/mol. The van der Waals surface area contributed by atoms with E-state index in [4.69, 9.17) is 0 Å². The highest BCUT2D eigenvalue weighted by molar-refractivity contribution is 4.79. The maximum atomic E-state index is 2.33. The predicted molar refractivity (Wildman–Crippen MR) is 113 cm³/mol. The first kappa shape index (κ1) is 21.3. The molecule has 0 heteroatoms. The molecule has 0 heterocycles. The van der Waals surface area contributed by atoms with Gasteiger partial charge in [-0.3, -0.25) is 0 Å².